The Balaban J connectivity index is 4.12. The van der Waals surface area contributed by atoms with Gasteiger partial charge in [0.15, 0.2) is 6.10 Å². The van der Waals surface area contributed by atoms with Gasteiger partial charge in [0.2, 0.25) is 0 Å². The molecule has 0 saturated heterocycles. The van der Waals surface area contributed by atoms with E-state index in [0.29, 0.717) is 17.4 Å². The van der Waals surface area contributed by atoms with Crippen LogP contribution in [-0.4, -0.2) is 74.9 Å². The third-order valence-corrected chi connectivity index (χ3v) is 14.0. The number of hydrogen-bond acceptors (Lipinski definition) is 7. The molecule has 9 nitrogen and oxygen atoms in total. The normalized spacial score (nSPS) is 13.7. The molecular weight excluding hydrogens is 918 g/mol. The quantitative estimate of drug-likeness (QED) is 0.0211. The maximum absolute atomic E-state index is 12.8. The number of rotatable bonds is 55. The number of likely N-dealkylation sites (N-methyl/N-ethyl adjacent to an activating group) is 1. The van der Waals surface area contributed by atoms with Crippen molar-refractivity contribution in [3.63, 3.8) is 0 Å². The summed E-state index contributed by atoms with van der Waals surface area (Å²) in [7, 11) is 1.48. The van der Waals surface area contributed by atoms with Gasteiger partial charge in [-0.3, -0.25) is 18.6 Å². The van der Waals surface area contributed by atoms with Crippen LogP contribution in [0.4, 0.5) is 0 Å². The zero-order valence-electron chi connectivity index (χ0n) is 47.7. The van der Waals surface area contributed by atoms with Gasteiger partial charge in [0.05, 0.1) is 27.7 Å². The molecule has 72 heavy (non-hydrogen) atoms. The molecule has 0 aliphatic heterocycles. The summed E-state index contributed by atoms with van der Waals surface area (Å²) in [5.41, 5.74) is 0. The first-order valence-electron chi connectivity index (χ1n) is 30.0. The molecule has 0 aliphatic rings. The first-order chi connectivity index (χ1) is 35.0. The summed E-state index contributed by atoms with van der Waals surface area (Å²) in [5, 5.41) is 0. The molecule has 0 rings (SSSR count). The molecule has 420 valence electrons. The van der Waals surface area contributed by atoms with Crippen LogP contribution in [0.15, 0.2) is 60.8 Å². The average molecular weight is 1030 g/mol. The smallest absolute Gasteiger partial charge is 0.462 e. The largest absolute Gasteiger partial charge is 0.472 e. The Morgan fingerprint density at radius 3 is 1.14 bits per heavy atom. The Kier molecular flexibility index (Phi) is 51.8. The SMILES string of the molecule is CCCCC/C=C\C/C=C\CCCCCCCCCCCC(=O)OCC(COP(=O)(O)OCC[N+](C)(C)C)OC(=O)CCCCCCCCCCCCCCCC/C=C\C/C=C\C/C=C\CCCCCCC. The van der Waals surface area contributed by atoms with Crippen molar-refractivity contribution in [2.75, 3.05) is 47.5 Å². The highest BCUT2D eigenvalue weighted by molar-refractivity contribution is 7.47. The minimum atomic E-state index is -4.39. The standard InChI is InChI=1S/C62H114NO8P/c1-6-8-10-12-14-16-18-20-22-24-26-27-28-29-30-31-32-33-34-35-37-39-41-43-45-47-49-51-53-55-62(65)71-60(59-70-72(66,67)69-57-56-63(3,4)5)58-68-61(64)54-52-50-48-46-44-42-40-38-36-25-23-21-19-17-15-13-11-9-7-2/h15,17-18,20-21,23-24,26,28-29,60H,6-14,16,19,22,25,27,30-59H2,1-5H3/p+1/b17-15-,20-18-,23-21-,26-24-,29-28-. The molecule has 10 heteroatoms. The number of ether oxygens (including phenoxy) is 2. The second kappa shape index (κ2) is 53.5. The van der Waals surface area contributed by atoms with Gasteiger partial charge in [-0.25, -0.2) is 4.57 Å². The number of carbonyl (C=O) groups excluding carboxylic acids is 2. The van der Waals surface area contributed by atoms with Gasteiger partial charge < -0.3 is 18.9 Å². The second-order valence-corrected chi connectivity index (χ2v) is 22.8. The predicted molar refractivity (Wildman–Crippen MR) is 307 cm³/mol. The monoisotopic (exact) mass is 1030 g/mol. The first-order valence-corrected chi connectivity index (χ1v) is 31.5. The Bertz CT molecular complexity index is 1400. The molecule has 0 aliphatic carbocycles. The molecule has 0 saturated carbocycles. The fourth-order valence-electron chi connectivity index (χ4n) is 8.35. The number of nitrogens with zero attached hydrogens (tertiary/aromatic N) is 1. The van der Waals surface area contributed by atoms with E-state index < -0.39 is 26.5 Å². The predicted octanol–water partition coefficient (Wildman–Crippen LogP) is 18.7. The van der Waals surface area contributed by atoms with Crippen molar-refractivity contribution in [2.45, 2.75) is 277 Å². The van der Waals surface area contributed by atoms with Crippen molar-refractivity contribution in [3.8, 4) is 0 Å². The summed E-state index contributed by atoms with van der Waals surface area (Å²) in [5.74, 6) is -0.796. The Hall–Kier alpha value is -2.29. The van der Waals surface area contributed by atoms with E-state index in [9.17, 15) is 19.0 Å². The number of quaternary nitrogens is 1. The average Bonchev–Trinajstić information content (AvgIpc) is 3.34. The maximum atomic E-state index is 12.8. The lowest BCUT2D eigenvalue weighted by atomic mass is 10.0. The molecule has 0 bridgehead atoms. The van der Waals surface area contributed by atoms with Crippen LogP contribution in [0.3, 0.4) is 0 Å². The van der Waals surface area contributed by atoms with E-state index in [2.05, 4.69) is 74.6 Å². The zero-order chi connectivity index (χ0) is 52.7. The summed E-state index contributed by atoms with van der Waals surface area (Å²) in [6.45, 7) is 4.42. The highest BCUT2D eigenvalue weighted by atomic mass is 31.2. The van der Waals surface area contributed by atoms with Crippen molar-refractivity contribution in [1.29, 1.82) is 0 Å². The maximum Gasteiger partial charge on any atom is 0.472 e. The highest BCUT2D eigenvalue weighted by Gasteiger charge is 2.27. The fourth-order valence-corrected chi connectivity index (χ4v) is 9.09. The van der Waals surface area contributed by atoms with Crippen LogP contribution in [0.5, 0.6) is 0 Å². The molecule has 0 aromatic rings. The molecule has 2 atom stereocenters. The molecule has 0 aromatic carbocycles. The van der Waals surface area contributed by atoms with Crippen molar-refractivity contribution in [2.24, 2.45) is 0 Å². The summed E-state index contributed by atoms with van der Waals surface area (Å²) in [4.78, 5) is 35.7. The van der Waals surface area contributed by atoms with Crippen molar-refractivity contribution < 1.29 is 42.1 Å². The number of allylic oxidation sites excluding steroid dienone is 10. The molecule has 0 spiro atoms. The van der Waals surface area contributed by atoms with Gasteiger partial charge >= 0.3 is 19.8 Å². The minimum absolute atomic E-state index is 0.0299. The summed E-state index contributed by atoms with van der Waals surface area (Å²) in [6, 6.07) is 0. The molecule has 0 radical (unpaired) electrons. The van der Waals surface area contributed by atoms with Crippen LogP contribution in [-0.2, 0) is 32.7 Å². The molecule has 0 heterocycles. The van der Waals surface area contributed by atoms with E-state index in [-0.39, 0.29) is 32.0 Å². The van der Waals surface area contributed by atoms with Crippen LogP contribution in [0.25, 0.3) is 0 Å². The lowest BCUT2D eigenvalue weighted by molar-refractivity contribution is -0.870. The lowest BCUT2D eigenvalue weighted by Gasteiger charge is -2.24. The molecule has 2 unspecified atom stereocenters. The van der Waals surface area contributed by atoms with E-state index in [0.717, 1.165) is 51.4 Å². The molecular formula is C62H115NO8P+. The van der Waals surface area contributed by atoms with Crippen LogP contribution < -0.4 is 0 Å². The van der Waals surface area contributed by atoms with E-state index >= 15 is 0 Å². The molecule has 0 aromatic heterocycles. The number of unbranched alkanes of at least 4 members (excludes halogenated alkanes) is 31. The molecule has 0 fully saturated rings. The van der Waals surface area contributed by atoms with E-state index in [1.54, 1.807) is 0 Å². The van der Waals surface area contributed by atoms with Gasteiger partial charge in [0, 0.05) is 12.8 Å². The molecule has 0 amide bonds. The number of hydrogen-bond donors (Lipinski definition) is 1. The van der Waals surface area contributed by atoms with Crippen molar-refractivity contribution >= 4 is 19.8 Å². The third-order valence-electron chi connectivity index (χ3n) is 13.0. The number of phosphoric ester groups is 1. The fraction of sp³-hybridized carbons (Fsp3) is 0.806. The Morgan fingerprint density at radius 1 is 0.431 bits per heavy atom. The molecule has 1 N–H and O–H groups in total. The van der Waals surface area contributed by atoms with Crippen LogP contribution in [0.2, 0.25) is 0 Å². The van der Waals surface area contributed by atoms with Gasteiger partial charge in [-0.05, 0) is 83.5 Å². The number of esters is 2. The third kappa shape index (κ3) is 57.0. The van der Waals surface area contributed by atoms with Crippen molar-refractivity contribution in [1.82, 2.24) is 0 Å². The van der Waals surface area contributed by atoms with Gasteiger partial charge in [-0.1, -0.05) is 235 Å². The zero-order valence-corrected chi connectivity index (χ0v) is 48.6. The van der Waals surface area contributed by atoms with Gasteiger partial charge in [0.25, 0.3) is 0 Å². The summed E-state index contributed by atoms with van der Waals surface area (Å²) in [6.07, 6.45) is 68.6. The van der Waals surface area contributed by atoms with Gasteiger partial charge in [0.1, 0.15) is 19.8 Å². The second-order valence-electron chi connectivity index (χ2n) is 21.4. The Morgan fingerprint density at radius 2 is 0.750 bits per heavy atom. The number of carbonyl (C=O) groups is 2. The Labute approximate surface area is 445 Å². The minimum Gasteiger partial charge on any atom is -0.462 e. The summed E-state index contributed by atoms with van der Waals surface area (Å²) < 4.78 is 34.6. The van der Waals surface area contributed by atoms with Crippen molar-refractivity contribution in [3.05, 3.63) is 60.8 Å². The van der Waals surface area contributed by atoms with Crippen LogP contribution in [0.1, 0.15) is 271 Å². The van der Waals surface area contributed by atoms with Crippen LogP contribution >= 0.6 is 7.82 Å². The van der Waals surface area contributed by atoms with E-state index in [1.165, 1.54) is 186 Å². The van der Waals surface area contributed by atoms with E-state index in [4.69, 9.17) is 18.5 Å². The first kappa shape index (κ1) is 69.7. The lowest BCUT2D eigenvalue weighted by Crippen LogP contribution is -2.37. The summed E-state index contributed by atoms with van der Waals surface area (Å²) >= 11 is 0. The van der Waals surface area contributed by atoms with E-state index in [1.807, 2.05) is 21.1 Å². The number of phosphoric acid groups is 1. The van der Waals surface area contributed by atoms with Crippen LogP contribution in [0, 0.1) is 0 Å². The van der Waals surface area contributed by atoms with Gasteiger partial charge in [-0.15, -0.1) is 0 Å². The highest BCUT2D eigenvalue weighted by Crippen LogP contribution is 2.43. The topological polar surface area (TPSA) is 108 Å². The van der Waals surface area contributed by atoms with Gasteiger partial charge in [-0.2, -0.15) is 0 Å².